The molecule has 0 radical (unpaired) electrons. The average Bonchev–Trinajstić information content (AvgIpc) is 3.75. The van der Waals surface area contributed by atoms with Crippen LogP contribution in [-0.2, 0) is 27.5 Å². The predicted octanol–water partition coefficient (Wildman–Crippen LogP) is 8.66. The summed E-state index contributed by atoms with van der Waals surface area (Å²) in [6, 6.07) is 16.9. The smallest absolute Gasteiger partial charge is 0.410 e. The topological polar surface area (TPSA) is 138 Å². The molecule has 61 heavy (non-hydrogen) atoms. The van der Waals surface area contributed by atoms with Gasteiger partial charge in [-0.05, 0) is 92.0 Å². The van der Waals surface area contributed by atoms with Gasteiger partial charge < -0.3 is 43.5 Å². The van der Waals surface area contributed by atoms with E-state index in [1.54, 1.807) is 35.2 Å². The van der Waals surface area contributed by atoms with Crippen LogP contribution in [0.4, 0.5) is 9.18 Å². The second kappa shape index (κ2) is 20.8. The first-order chi connectivity index (χ1) is 29.8. The van der Waals surface area contributed by atoms with E-state index < -0.39 is 23.8 Å². The number of amides is 1. The SMILES string of the molecule is C=CCOC12Oc3ccc(OCc4ccccc4F)cc3C3C(CCCCO)C(CCCCO)C=C(C(=NOCC)CC1N(Cc1ccc4c(c1)OCO4)C(=O)OCCCl)C32. The number of rotatable bonds is 21. The fraction of sp³-hybridized carbons (Fsp3) is 0.489. The lowest BCUT2D eigenvalue weighted by molar-refractivity contribution is -0.256. The maximum Gasteiger partial charge on any atom is 0.410 e. The van der Waals surface area contributed by atoms with Gasteiger partial charge >= 0.3 is 6.09 Å². The van der Waals surface area contributed by atoms with E-state index in [2.05, 4.69) is 12.7 Å². The van der Waals surface area contributed by atoms with Gasteiger partial charge in [0.1, 0.15) is 43.2 Å². The number of allylic oxidation sites excluding steroid dienone is 1. The third kappa shape index (κ3) is 9.65. The molecule has 1 saturated carbocycles. The Hall–Kier alpha value is -4.82. The highest BCUT2D eigenvalue weighted by atomic mass is 35.5. The van der Waals surface area contributed by atoms with Gasteiger partial charge in [-0.15, -0.1) is 18.2 Å². The maximum atomic E-state index is 14.7. The minimum atomic E-state index is -1.51. The zero-order chi connectivity index (χ0) is 42.8. The molecule has 328 valence electrons. The van der Waals surface area contributed by atoms with Crippen molar-refractivity contribution in [1.82, 2.24) is 4.90 Å². The van der Waals surface area contributed by atoms with E-state index in [4.69, 9.17) is 50.0 Å². The first-order valence-electron chi connectivity index (χ1n) is 21.3. The van der Waals surface area contributed by atoms with Crippen LogP contribution in [0.15, 0.2) is 90.1 Å². The summed E-state index contributed by atoms with van der Waals surface area (Å²) >= 11 is 6.08. The summed E-state index contributed by atoms with van der Waals surface area (Å²) in [4.78, 5) is 22.0. The van der Waals surface area contributed by atoms with Gasteiger partial charge in [-0.25, -0.2) is 9.18 Å². The number of aliphatic hydroxyl groups is 2. The number of aliphatic hydroxyl groups excluding tert-OH is 2. The van der Waals surface area contributed by atoms with Crippen LogP contribution >= 0.6 is 11.6 Å². The van der Waals surface area contributed by atoms with Crippen LogP contribution in [0.3, 0.4) is 0 Å². The highest BCUT2D eigenvalue weighted by molar-refractivity contribution is 6.18. The molecule has 2 aliphatic heterocycles. The highest BCUT2D eigenvalue weighted by Gasteiger charge is 2.65. The Morgan fingerprint density at radius 1 is 1.03 bits per heavy atom. The molecule has 0 bridgehead atoms. The molecule has 2 heterocycles. The van der Waals surface area contributed by atoms with Gasteiger partial charge in [0.2, 0.25) is 12.6 Å². The van der Waals surface area contributed by atoms with E-state index in [1.165, 1.54) is 6.07 Å². The van der Waals surface area contributed by atoms with Gasteiger partial charge in [-0.3, -0.25) is 4.90 Å². The average molecular weight is 863 g/mol. The van der Waals surface area contributed by atoms with Crippen molar-refractivity contribution in [2.24, 2.45) is 22.9 Å². The van der Waals surface area contributed by atoms with Crippen LogP contribution < -0.4 is 18.9 Å². The van der Waals surface area contributed by atoms with Gasteiger partial charge in [-0.2, -0.15) is 0 Å². The van der Waals surface area contributed by atoms with Gasteiger partial charge in [0.25, 0.3) is 0 Å². The Bertz CT molecular complexity index is 2050. The standard InChI is InChI=1S/C47H56ClFN2O10/c1-3-22-59-47-43(51(46(54)55-23-19-48)28-31-15-17-41-42(24-31)58-30-57-41)27-39(50-60-4-2)36-25-32(11-7-9-20-52)35(13-8-10-21-53)44(45(36)47)37-26-34(16-18-40(37)61-47)56-29-33-12-5-6-14-38(33)49/h3,5-6,12,14-18,24-26,32,35,43-45,52-53H,1,4,7-11,13,19-23,27-30H2,2H3. The van der Waals surface area contributed by atoms with Crippen LogP contribution in [0.1, 0.15) is 74.5 Å². The molecule has 2 aliphatic carbocycles. The number of carbonyl (C=O) groups excluding carboxylic acids is 1. The number of carbonyl (C=O) groups is 1. The quantitative estimate of drug-likeness (QED) is 0.0463. The molecule has 6 atom stereocenters. The van der Waals surface area contributed by atoms with Gasteiger partial charge in [0.15, 0.2) is 11.5 Å². The van der Waals surface area contributed by atoms with Gasteiger partial charge in [0.05, 0.1) is 24.1 Å². The molecular weight excluding hydrogens is 807 g/mol. The molecule has 7 rings (SSSR count). The van der Waals surface area contributed by atoms with Gasteiger partial charge in [0, 0.05) is 43.2 Å². The van der Waals surface area contributed by atoms with Crippen molar-refractivity contribution in [3.63, 3.8) is 0 Å². The summed E-state index contributed by atoms with van der Waals surface area (Å²) in [7, 11) is 0. The van der Waals surface area contributed by atoms with Crippen LogP contribution in [0.2, 0.25) is 0 Å². The second-order valence-corrected chi connectivity index (χ2v) is 16.1. The largest absolute Gasteiger partial charge is 0.489 e. The van der Waals surface area contributed by atoms with Crippen molar-refractivity contribution in [2.45, 2.75) is 82.8 Å². The number of benzene rings is 3. The first-order valence-corrected chi connectivity index (χ1v) is 21.8. The van der Waals surface area contributed by atoms with Crippen molar-refractivity contribution in [3.8, 4) is 23.0 Å². The highest BCUT2D eigenvalue weighted by Crippen LogP contribution is 2.62. The van der Waals surface area contributed by atoms with E-state index in [1.807, 2.05) is 37.3 Å². The zero-order valence-electron chi connectivity index (χ0n) is 34.6. The van der Waals surface area contributed by atoms with Gasteiger partial charge in [-0.1, -0.05) is 54.4 Å². The lowest BCUT2D eigenvalue weighted by atomic mass is 9.55. The van der Waals surface area contributed by atoms with E-state index in [0.717, 1.165) is 42.4 Å². The zero-order valence-corrected chi connectivity index (χ0v) is 35.4. The van der Waals surface area contributed by atoms with Crippen molar-refractivity contribution < 1.29 is 52.7 Å². The summed E-state index contributed by atoms with van der Waals surface area (Å²) in [5.41, 5.74) is 3.61. The number of alkyl halides is 1. The monoisotopic (exact) mass is 862 g/mol. The van der Waals surface area contributed by atoms with E-state index in [0.29, 0.717) is 53.7 Å². The number of ether oxygens (including phenoxy) is 6. The van der Waals surface area contributed by atoms with Crippen LogP contribution in [0.5, 0.6) is 23.0 Å². The number of nitrogens with zero attached hydrogens (tertiary/aromatic N) is 2. The predicted molar refractivity (Wildman–Crippen MR) is 227 cm³/mol. The fourth-order valence-electron chi connectivity index (χ4n) is 9.40. The Morgan fingerprint density at radius 2 is 1.82 bits per heavy atom. The fourth-order valence-corrected chi connectivity index (χ4v) is 9.48. The number of oxime groups is 1. The summed E-state index contributed by atoms with van der Waals surface area (Å²) in [5, 5.41) is 24.6. The molecule has 6 unspecified atom stereocenters. The van der Waals surface area contributed by atoms with Crippen molar-refractivity contribution in [1.29, 1.82) is 0 Å². The third-order valence-corrected chi connectivity index (χ3v) is 12.2. The summed E-state index contributed by atoms with van der Waals surface area (Å²) < 4.78 is 52.5. The molecule has 12 nitrogen and oxygen atoms in total. The summed E-state index contributed by atoms with van der Waals surface area (Å²) in [5.74, 6) is -0.305. The molecular formula is C47H56ClFN2O10. The first kappa shape index (κ1) is 44.2. The number of unbranched alkanes of at least 4 members (excludes halogenated alkanes) is 2. The van der Waals surface area contributed by atoms with Crippen LogP contribution in [0, 0.1) is 23.6 Å². The van der Waals surface area contributed by atoms with E-state index in [9.17, 15) is 19.4 Å². The number of hydrogen-bond acceptors (Lipinski definition) is 11. The lowest BCUT2D eigenvalue weighted by Crippen LogP contribution is -2.70. The Kier molecular flexibility index (Phi) is 15.1. The second-order valence-electron chi connectivity index (χ2n) is 15.7. The van der Waals surface area contributed by atoms with Crippen molar-refractivity contribution in [3.05, 3.63) is 107 Å². The van der Waals surface area contributed by atoms with E-state index >= 15 is 0 Å². The molecule has 2 N–H and O–H groups in total. The molecule has 3 aromatic carbocycles. The molecule has 4 aliphatic rings. The normalized spacial score (nSPS) is 23.9. The van der Waals surface area contributed by atoms with Crippen molar-refractivity contribution in [2.75, 3.05) is 45.7 Å². The molecule has 0 saturated heterocycles. The molecule has 0 spiro atoms. The maximum absolute atomic E-state index is 14.7. The number of halogens is 2. The van der Waals surface area contributed by atoms with Crippen LogP contribution in [-0.4, -0.2) is 84.5 Å². The van der Waals surface area contributed by atoms with E-state index in [-0.39, 0.29) is 82.2 Å². The Balaban J connectivity index is 1.42. The van der Waals surface area contributed by atoms with Crippen LogP contribution in [0.25, 0.3) is 0 Å². The molecule has 0 aromatic heterocycles. The number of fused-ring (bicyclic) bond motifs is 3. The summed E-state index contributed by atoms with van der Waals surface area (Å²) in [6.07, 6.45) is 7.89. The molecule has 14 heteroatoms. The molecule has 1 fully saturated rings. The molecule has 3 aromatic rings. The Labute approximate surface area is 361 Å². The number of hydrogen-bond donors (Lipinski definition) is 2. The minimum absolute atomic E-state index is 0.00669. The molecule has 1 amide bonds. The third-order valence-electron chi connectivity index (χ3n) is 12.0. The summed E-state index contributed by atoms with van der Waals surface area (Å²) in [6.45, 7) is 6.61. The minimum Gasteiger partial charge on any atom is -0.489 e. The Morgan fingerprint density at radius 3 is 2.59 bits per heavy atom. The van der Waals surface area contributed by atoms with Crippen molar-refractivity contribution >= 4 is 23.4 Å². The lowest BCUT2D eigenvalue weighted by Gasteiger charge is -2.59.